The largest absolute Gasteiger partial charge is 0.291 e. The van der Waals surface area contributed by atoms with Crippen molar-refractivity contribution in [1.29, 1.82) is 0 Å². The summed E-state index contributed by atoms with van der Waals surface area (Å²) in [4.78, 5) is 35.3. The van der Waals surface area contributed by atoms with Crippen LogP contribution in [0.25, 0.3) is 0 Å². The molecule has 2 aliphatic heterocycles. The number of hydrogen-bond donors (Lipinski definition) is 0. The van der Waals surface area contributed by atoms with E-state index in [0.29, 0.717) is 85.0 Å². The molecule has 0 aromatic heterocycles. The monoisotopic (exact) mass is 690 g/mol. The van der Waals surface area contributed by atoms with Crippen molar-refractivity contribution in [3.8, 4) is 0 Å². The molecule has 0 N–H and O–H groups in total. The number of nitrogens with zero attached hydrogens (tertiary/aromatic N) is 6. The van der Waals surface area contributed by atoms with E-state index < -0.39 is 11.1 Å². The first-order chi connectivity index (χ1) is 24.8. The Hall–Kier alpha value is -4.48. The van der Waals surface area contributed by atoms with E-state index >= 15 is 0 Å². The number of benzene rings is 4. The highest BCUT2D eigenvalue weighted by Gasteiger charge is 2.51. The van der Waals surface area contributed by atoms with Gasteiger partial charge in [-0.05, 0) is 28.7 Å². The summed E-state index contributed by atoms with van der Waals surface area (Å²) in [5.41, 5.74) is 1.94. The molecule has 2 saturated heterocycles. The molecule has 0 atom stereocenters. The first kappa shape index (κ1) is 36.3. The highest BCUT2D eigenvalue weighted by Crippen LogP contribution is 2.31. The van der Waals surface area contributed by atoms with Crippen LogP contribution in [0.4, 0.5) is 0 Å². The van der Waals surface area contributed by atoms with Crippen molar-refractivity contribution in [2.75, 3.05) is 52.4 Å². The Bertz CT molecular complexity index is 1450. The van der Waals surface area contributed by atoms with Crippen molar-refractivity contribution in [1.82, 2.24) is 19.6 Å². The van der Waals surface area contributed by atoms with Gasteiger partial charge in [0.2, 0.25) is 11.1 Å². The first-order valence-corrected chi connectivity index (χ1v) is 18.2. The molecule has 2 aliphatic rings. The summed E-state index contributed by atoms with van der Waals surface area (Å²) in [6, 6.07) is 40.5. The van der Waals surface area contributed by atoms with Crippen LogP contribution in [0.5, 0.6) is 0 Å². The molecule has 0 amide bonds. The Morgan fingerprint density at radius 2 is 0.667 bits per heavy atom. The number of hydrogen-bond acceptors (Lipinski definition) is 8. The van der Waals surface area contributed by atoms with E-state index in [1.807, 2.05) is 72.8 Å². The molecule has 2 fully saturated rings. The Kier molecular flexibility index (Phi) is 12.2. The summed E-state index contributed by atoms with van der Waals surface area (Å²) < 4.78 is 0. The van der Waals surface area contributed by atoms with Gasteiger partial charge in [0.05, 0.1) is 26.2 Å². The summed E-state index contributed by atoms with van der Waals surface area (Å²) in [7, 11) is 0. The molecule has 0 aliphatic carbocycles. The van der Waals surface area contributed by atoms with E-state index in [1.165, 1.54) is 0 Å². The van der Waals surface area contributed by atoms with Crippen LogP contribution in [0.2, 0.25) is 0 Å². The summed E-state index contributed by atoms with van der Waals surface area (Å²) in [6.45, 7) is 6.51. The first-order valence-electron chi connectivity index (χ1n) is 18.2. The maximum Gasteiger partial charge on any atom is 0.247 e. The molecule has 0 saturated carbocycles. The zero-order chi connectivity index (χ0) is 35.5. The molecule has 10 heteroatoms. The van der Waals surface area contributed by atoms with Crippen LogP contribution in [0.3, 0.4) is 0 Å². The van der Waals surface area contributed by atoms with E-state index in [2.05, 4.69) is 68.1 Å². The highest BCUT2D eigenvalue weighted by molar-refractivity contribution is 5.18. The smallest absolute Gasteiger partial charge is 0.247 e. The van der Waals surface area contributed by atoms with Gasteiger partial charge in [0, 0.05) is 75.0 Å². The van der Waals surface area contributed by atoms with Gasteiger partial charge in [-0.3, -0.25) is 39.8 Å². The molecule has 0 unspecified atom stereocenters. The van der Waals surface area contributed by atoms with Crippen molar-refractivity contribution < 1.29 is 9.85 Å². The van der Waals surface area contributed by atoms with E-state index in [9.17, 15) is 20.2 Å². The van der Waals surface area contributed by atoms with Gasteiger partial charge in [0.1, 0.15) is 0 Å². The molecule has 268 valence electrons. The molecule has 2 heterocycles. The lowest BCUT2D eigenvalue weighted by Gasteiger charge is -2.33. The maximum atomic E-state index is 13.3. The Balaban J connectivity index is 1.25. The van der Waals surface area contributed by atoms with Crippen molar-refractivity contribution in [3.63, 3.8) is 0 Å². The molecule has 51 heavy (non-hydrogen) atoms. The minimum Gasteiger partial charge on any atom is -0.291 e. The fourth-order valence-electron chi connectivity index (χ4n) is 8.03. The number of nitro groups is 2. The third-order valence-electron chi connectivity index (χ3n) is 10.6. The predicted molar refractivity (Wildman–Crippen MR) is 200 cm³/mol. The quantitative estimate of drug-likeness (QED) is 0.114. The number of rotatable bonds is 14. The lowest BCUT2D eigenvalue weighted by atomic mass is 9.86. The van der Waals surface area contributed by atoms with Gasteiger partial charge in [-0.15, -0.1) is 0 Å². The van der Waals surface area contributed by atoms with Gasteiger partial charge >= 0.3 is 0 Å². The van der Waals surface area contributed by atoms with Crippen LogP contribution >= 0.6 is 0 Å². The standard InChI is InChI=1S/C41H50N6O4/c48-46(49)40(32-42(28-36-14-5-1-6-15-36)24-25-43(33-40)29-37-16-7-2-8-17-37)22-13-23-41(47(50)51)34-44(30-38-18-9-3-10-19-38)26-27-45(35-41)31-39-20-11-4-12-21-39/h1-12,14-21H,13,22-35H2. The van der Waals surface area contributed by atoms with Gasteiger partial charge in [-0.1, -0.05) is 121 Å². The highest BCUT2D eigenvalue weighted by atomic mass is 16.6. The second-order valence-electron chi connectivity index (χ2n) is 14.6. The van der Waals surface area contributed by atoms with Crippen LogP contribution in [0.15, 0.2) is 121 Å². The average Bonchev–Trinajstić information content (AvgIpc) is 3.42. The summed E-state index contributed by atoms with van der Waals surface area (Å²) in [5.74, 6) is 0. The second-order valence-corrected chi connectivity index (χ2v) is 14.6. The summed E-state index contributed by atoms with van der Waals surface area (Å²) >= 11 is 0. The zero-order valence-corrected chi connectivity index (χ0v) is 29.5. The van der Waals surface area contributed by atoms with E-state index in [0.717, 1.165) is 22.3 Å². The molecular weight excluding hydrogens is 640 g/mol. The summed E-state index contributed by atoms with van der Waals surface area (Å²) in [6.07, 6.45) is 0.922. The van der Waals surface area contributed by atoms with Crippen molar-refractivity contribution in [2.45, 2.75) is 56.5 Å². The molecule has 6 rings (SSSR count). The normalized spacial score (nSPS) is 18.8. The third kappa shape index (κ3) is 9.86. The average molecular weight is 691 g/mol. The van der Waals surface area contributed by atoms with Crippen LogP contribution in [0, 0.1) is 20.2 Å². The third-order valence-corrected chi connectivity index (χ3v) is 10.6. The van der Waals surface area contributed by atoms with Crippen LogP contribution in [0.1, 0.15) is 41.5 Å². The molecule has 0 bridgehead atoms. The van der Waals surface area contributed by atoms with E-state index in [-0.39, 0.29) is 22.7 Å². The van der Waals surface area contributed by atoms with E-state index in [1.54, 1.807) is 0 Å². The lowest BCUT2D eigenvalue weighted by molar-refractivity contribution is -0.577. The van der Waals surface area contributed by atoms with Crippen molar-refractivity contribution in [3.05, 3.63) is 164 Å². The SMILES string of the molecule is O=[N+]([O-])C1(CCCC2([N+](=O)[O-])CN(Cc3ccccc3)CCN(Cc3ccccc3)C2)CN(Cc2ccccc2)CCN(Cc2ccccc2)C1. The van der Waals surface area contributed by atoms with Crippen molar-refractivity contribution >= 4 is 0 Å². The Morgan fingerprint density at radius 3 is 0.882 bits per heavy atom. The predicted octanol–water partition coefficient (Wildman–Crippen LogP) is 6.22. The summed E-state index contributed by atoms with van der Waals surface area (Å²) in [5, 5.41) is 26.6. The van der Waals surface area contributed by atoms with Crippen molar-refractivity contribution in [2.24, 2.45) is 0 Å². The molecule has 0 radical (unpaired) electrons. The fraction of sp³-hybridized carbons (Fsp3) is 0.415. The molecule has 4 aromatic rings. The van der Waals surface area contributed by atoms with Gasteiger partial charge in [-0.25, -0.2) is 0 Å². The lowest BCUT2D eigenvalue weighted by Crippen LogP contribution is -2.55. The Labute approximate surface area is 301 Å². The van der Waals surface area contributed by atoms with Gasteiger partial charge in [0.25, 0.3) is 0 Å². The molecule has 4 aromatic carbocycles. The Morgan fingerprint density at radius 1 is 0.431 bits per heavy atom. The molecule has 0 spiro atoms. The van der Waals surface area contributed by atoms with Gasteiger partial charge in [0.15, 0.2) is 0 Å². The van der Waals surface area contributed by atoms with E-state index in [4.69, 9.17) is 0 Å². The molecular formula is C41H50N6O4. The minimum atomic E-state index is -1.27. The topological polar surface area (TPSA) is 99.2 Å². The fourth-order valence-corrected chi connectivity index (χ4v) is 8.03. The van der Waals surface area contributed by atoms with Crippen LogP contribution in [-0.2, 0) is 26.2 Å². The minimum absolute atomic E-state index is 0.0797. The molecule has 10 nitrogen and oxygen atoms in total. The second kappa shape index (κ2) is 17.2. The van der Waals surface area contributed by atoms with Crippen LogP contribution < -0.4 is 0 Å². The van der Waals surface area contributed by atoms with Gasteiger partial charge < -0.3 is 0 Å². The van der Waals surface area contributed by atoms with Crippen LogP contribution in [-0.4, -0.2) is 92.9 Å². The zero-order valence-electron chi connectivity index (χ0n) is 29.5. The van der Waals surface area contributed by atoms with Gasteiger partial charge in [-0.2, -0.15) is 0 Å². The maximum absolute atomic E-state index is 13.3.